The van der Waals surface area contributed by atoms with E-state index in [0.717, 1.165) is 0 Å². The molecule has 37 heavy (non-hydrogen) atoms. The number of anilines is 1. The lowest BCUT2D eigenvalue weighted by Crippen LogP contribution is -2.42. The van der Waals surface area contributed by atoms with Crippen LogP contribution in [0, 0.1) is 16.7 Å². The summed E-state index contributed by atoms with van der Waals surface area (Å²) in [5, 5.41) is 19.1. The molecule has 0 saturated heterocycles. The summed E-state index contributed by atoms with van der Waals surface area (Å²) in [4.78, 5) is 26.9. The van der Waals surface area contributed by atoms with Crippen LogP contribution >= 0.6 is 23.1 Å². The van der Waals surface area contributed by atoms with Gasteiger partial charge in [-0.1, -0.05) is 43.0 Å². The summed E-state index contributed by atoms with van der Waals surface area (Å²) in [5.41, 5.74) is 8.46. The second-order valence-electron chi connectivity index (χ2n) is 9.31. The van der Waals surface area contributed by atoms with E-state index in [1.54, 1.807) is 24.1 Å². The van der Waals surface area contributed by atoms with Crippen molar-refractivity contribution in [3.63, 3.8) is 0 Å². The van der Waals surface area contributed by atoms with Crippen LogP contribution in [0.25, 0.3) is 0 Å². The number of allylic oxidation sites excluding steroid dienone is 3. The quantitative estimate of drug-likeness (QED) is 0.404. The van der Waals surface area contributed by atoms with Gasteiger partial charge >= 0.3 is 5.97 Å². The van der Waals surface area contributed by atoms with Crippen LogP contribution in [0.15, 0.2) is 45.2 Å². The zero-order chi connectivity index (χ0) is 26.9. The summed E-state index contributed by atoms with van der Waals surface area (Å²) in [7, 11) is 4.40. The first-order valence-electron chi connectivity index (χ1n) is 11.3. The van der Waals surface area contributed by atoms with Gasteiger partial charge in [0.1, 0.15) is 5.82 Å². The zero-order valence-electron chi connectivity index (χ0n) is 21.2. The van der Waals surface area contributed by atoms with Gasteiger partial charge in [0.05, 0.1) is 44.6 Å². The monoisotopic (exact) mass is 541 g/mol. The fraction of sp³-hybridized carbons (Fsp3) is 0.400. The van der Waals surface area contributed by atoms with Gasteiger partial charge in [-0.05, 0) is 29.5 Å². The van der Waals surface area contributed by atoms with E-state index in [1.807, 2.05) is 19.9 Å². The molecule has 0 fully saturated rings. The van der Waals surface area contributed by atoms with Crippen molar-refractivity contribution in [2.24, 2.45) is 11.1 Å². The van der Waals surface area contributed by atoms with Crippen molar-refractivity contribution >= 4 is 40.0 Å². The molecule has 1 aliphatic carbocycles. The molecule has 0 spiro atoms. The Balaban J connectivity index is 1.87. The van der Waals surface area contributed by atoms with Crippen LogP contribution in [0.5, 0.6) is 11.5 Å². The highest BCUT2D eigenvalue weighted by molar-refractivity contribution is 8.01. The summed E-state index contributed by atoms with van der Waals surface area (Å²) >= 11 is 2.42. The van der Waals surface area contributed by atoms with Gasteiger partial charge in [-0.3, -0.25) is 14.5 Å². The highest BCUT2D eigenvalue weighted by Crippen LogP contribution is 2.51. The van der Waals surface area contributed by atoms with Gasteiger partial charge in [0.25, 0.3) is 0 Å². The first kappa shape index (κ1) is 26.5. The lowest BCUT2D eigenvalue weighted by atomic mass is 9.68. The number of ether oxygens (including phenoxy) is 3. The molecule has 12 heteroatoms. The molecule has 4 rings (SSSR count). The number of nitrogens with two attached hydrogens (primary N) is 1. The van der Waals surface area contributed by atoms with Crippen molar-refractivity contribution in [1.29, 1.82) is 5.26 Å². The molecule has 2 N–H and O–H groups in total. The number of Topliss-reactive ketones (excluding diaryl/α,β-unsaturated/α-hetero) is 1. The molecule has 1 aromatic carbocycles. The third-order valence-electron chi connectivity index (χ3n) is 6.25. The van der Waals surface area contributed by atoms with Gasteiger partial charge in [0.2, 0.25) is 5.13 Å². The van der Waals surface area contributed by atoms with Crippen molar-refractivity contribution in [3.05, 3.63) is 46.4 Å². The number of hydrogen-bond donors (Lipinski definition) is 1. The maximum absolute atomic E-state index is 13.7. The smallest absolute Gasteiger partial charge is 0.316 e. The van der Waals surface area contributed by atoms with Crippen molar-refractivity contribution in [2.75, 3.05) is 32.0 Å². The van der Waals surface area contributed by atoms with Crippen LogP contribution in [0.3, 0.4) is 0 Å². The number of thioether (sulfide) groups is 1. The van der Waals surface area contributed by atoms with Crippen LogP contribution in [-0.4, -0.2) is 49.0 Å². The van der Waals surface area contributed by atoms with E-state index < -0.39 is 5.92 Å². The maximum atomic E-state index is 13.7. The molecular weight excluding hydrogens is 514 g/mol. The number of carbonyl (C=O) groups is 2. The molecule has 0 amide bonds. The number of carbonyl (C=O) groups excluding carboxylic acids is 2. The van der Waals surface area contributed by atoms with E-state index >= 15 is 0 Å². The van der Waals surface area contributed by atoms with Crippen molar-refractivity contribution in [3.8, 4) is 17.6 Å². The third-order valence-corrected chi connectivity index (χ3v) is 8.27. The Hall–Kier alpha value is -3.56. The number of nitriles is 1. The average Bonchev–Trinajstić information content (AvgIpc) is 3.33. The topological polar surface area (TPSA) is 141 Å². The second-order valence-corrected chi connectivity index (χ2v) is 11.5. The molecule has 0 saturated carbocycles. The molecule has 1 unspecified atom stereocenters. The number of aromatic nitrogens is 2. The SMILES string of the molecule is COC(=O)CSc1nnc(N2C(N)=C(C#N)C(c3ccc(OC)c(OC)c3)C3=C2CC(C)(C)CC3=O)s1. The molecule has 1 atom stereocenters. The number of rotatable bonds is 7. The first-order valence-corrected chi connectivity index (χ1v) is 13.2. The molecule has 1 aliphatic heterocycles. The highest BCUT2D eigenvalue weighted by atomic mass is 32.2. The molecule has 0 radical (unpaired) electrons. The maximum Gasteiger partial charge on any atom is 0.316 e. The Morgan fingerprint density at radius 1 is 1.24 bits per heavy atom. The van der Waals surface area contributed by atoms with E-state index in [4.69, 9.17) is 19.9 Å². The van der Waals surface area contributed by atoms with Crippen molar-refractivity contribution in [1.82, 2.24) is 10.2 Å². The lowest BCUT2D eigenvalue weighted by Gasteiger charge is -2.42. The number of nitrogens with zero attached hydrogens (tertiary/aromatic N) is 4. The largest absolute Gasteiger partial charge is 0.493 e. The van der Waals surface area contributed by atoms with Gasteiger partial charge < -0.3 is 19.9 Å². The second kappa shape index (κ2) is 10.4. The van der Waals surface area contributed by atoms with Crippen molar-refractivity contribution in [2.45, 2.75) is 36.9 Å². The predicted octanol–water partition coefficient (Wildman–Crippen LogP) is 3.76. The molecule has 194 valence electrons. The highest BCUT2D eigenvalue weighted by Gasteiger charge is 2.45. The third kappa shape index (κ3) is 5.01. The summed E-state index contributed by atoms with van der Waals surface area (Å²) in [6.45, 7) is 4.05. The molecule has 0 bridgehead atoms. The van der Waals surface area contributed by atoms with E-state index in [2.05, 4.69) is 16.3 Å². The summed E-state index contributed by atoms with van der Waals surface area (Å²) in [6, 6.07) is 7.58. The fourth-order valence-electron chi connectivity index (χ4n) is 4.62. The predicted molar refractivity (Wildman–Crippen MR) is 139 cm³/mol. The summed E-state index contributed by atoms with van der Waals surface area (Å²) < 4.78 is 16.1. The Kier molecular flexibility index (Phi) is 7.47. The Bertz CT molecular complexity index is 1360. The van der Waals surface area contributed by atoms with Crippen LogP contribution in [-0.2, 0) is 14.3 Å². The van der Waals surface area contributed by atoms with E-state index in [1.165, 1.54) is 37.3 Å². The Morgan fingerprint density at radius 2 is 1.97 bits per heavy atom. The molecule has 2 aromatic rings. The molecular formula is C25H27N5O5S2. The molecule has 2 heterocycles. The minimum Gasteiger partial charge on any atom is -0.493 e. The first-order chi connectivity index (χ1) is 17.6. The van der Waals surface area contributed by atoms with Crippen molar-refractivity contribution < 1.29 is 23.8 Å². The minimum atomic E-state index is -0.666. The van der Waals surface area contributed by atoms with E-state index in [0.29, 0.717) is 50.6 Å². The van der Waals surface area contributed by atoms with Gasteiger partial charge in [0, 0.05) is 17.7 Å². The van der Waals surface area contributed by atoms with Gasteiger partial charge in [0.15, 0.2) is 21.6 Å². The van der Waals surface area contributed by atoms with E-state index in [9.17, 15) is 14.9 Å². The normalized spacial score (nSPS) is 18.9. The number of benzene rings is 1. The fourth-order valence-corrected chi connectivity index (χ4v) is 6.34. The van der Waals surface area contributed by atoms with Gasteiger partial charge in [-0.2, -0.15) is 5.26 Å². The van der Waals surface area contributed by atoms with Crippen LogP contribution in [0.2, 0.25) is 0 Å². The van der Waals surface area contributed by atoms with Crippen LogP contribution in [0.4, 0.5) is 5.13 Å². The number of methoxy groups -OCH3 is 3. The standard InChI is InChI=1S/C25H27N5O5S2/c1-25(2)9-15-21(16(31)10-25)20(13-6-7-17(33-3)18(8-13)34-4)14(11-26)22(27)30(15)23-28-29-24(37-23)36-12-19(32)35-5/h6-8,20H,9-10,12,27H2,1-5H3. The molecule has 10 nitrogen and oxygen atoms in total. The molecule has 1 aromatic heterocycles. The minimum absolute atomic E-state index is 0.0545. The van der Waals surface area contributed by atoms with Crippen LogP contribution < -0.4 is 20.1 Å². The van der Waals surface area contributed by atoms with Gasteiger partial charge in [-0.15, -0.1) is 10.2 Å². The average molecular weight is 542 g/mol. The number of esters is 1. The molecule has 2 aliphatic rings. The Morgan fingerprint density at radius 3 is 2.62 bits per heavy atom. The van der Waals surface area contributed by atoms with Crippen LogP contribution in [0.1, 0.15) is 38.2 Å². The summed E-state index contributed by atoms with van der Waals surface area (Å²) in [5.74, 6) is 0.193. The number of ketones is 1. The lowest BCUT2D eigenvalue weighted by molar-refractivity contribution is -0.137. The number of hydrogen-bond acceptors (Lipinski definition) is 12. The Labute approximate surface area is 223 Å². The zero-order valence-corrected chi connectivity index (χ0v) is 22.8. The van der Waals surface area contributed by atoms with Gasteiger partial charge in [-0.25, -0.2) is 0 Å². The summed E-state index contributed by atoms with van der Waals surface area (Å²) in [6.07, 6.45) is 0.875. The van der Waals surface area contributed by atoms with E-state index in [-0.39, 0.29) is 34.3 Å².